The minimum Gasteiger partial charge on any atom is -0.491 e. The summed E-state index contributed by atoms with van der Waals surface area (Å²) in [6.07, 6.45) is 3.14. The monoisotopic (exact) mass is 551 g/mol. The summed E-state index contributed by atoms with van der Waals surface area (Å²) in [6.45, 7) is 8.36. The molecule has 4 N–H and O–H groups in total. The number of amides is 4. The van der Waals surface area contributed by atoms with Gasteiger partial charge in [0.1, 0.15) is 24.4 Å². The van der Waals surface area contributed by atoms with Crippen molar-refractivity contribution in [2.75, 3.05) is 13.2 Å². The van der Waals surface area contributed by atoms with Crippen molar-refractivity contribution < 1.29 is 23.9 Å². The molecule has 1 aliphatic heterocycles. The highest BCUT2D eigenvalue weighted by Gasteiger charge is 2.32. The van der Waals surface area contributed by atoms with Gasteiger partial charge in [0, 0.05) is 24.9 Å². The Bertz CT molecular complexity index is 1160. The van der Waals surface area contributed by atoms with Crippen LogP contribution in [0.5, 0.6) is 5.75 Å². The average molecular weight is 552 g/mol. The van der Waals surface area contributed by atoms with Crippen LogP contribution in [0.1, 0.15) is 63.0 Å². The number of carbonyl (C=O) groups is 4. The second-order valence-corrected chi connectivity index (χ2v) is 10.7. The van der Waals surface area contributed by atoms with Crippen LogP contribution in [0, 0.1) is 11.8 Å². The Morgan fingerprint density at radius 2 is 1.80 bits per heavy atom. The van der Waals surface area contributed by atoms with Crippen molar-refractivity contribution in [3.63, 3.8) is 0 Å². The minimum absolute atomic E-state index is 0.146. The molecule has 3 rings (SSSR count). The summed E-state index contributed by atoms with van der Waals surface area (Å²) in [6, 6.07) is 9.95. The number of rotatable bonds is 8. The Hall–Kier alpha value is -3.95. The van der Waals surface area contributed by atoms with Crippen LogP contribution in [0.3, 0.4) is 0 Å². The SMILES string of the molecule is CC[C@H](C)[C@@H]1NC(=O)C[C@@H](C(=O)NCCc2ccccn2)NC(=O)c2ccccc2OC[C@@H](CC(C)C)NC1=O. The van der Waals surface area contributed by atoms with Crippen LogP contribution in [0.15, 0.2) is 48.7 Å². The third-order valence-corrected chi connectivity index (χ3v) is 6.90. The van der Waals surface area contributed by atoms with Gasteiger partial charge < -0.3 is 26.0 Å². The molecule has 10 nitrogen and oxygen atoms in total. The standard InChI is InChI=1S/C30H41N5O5/c1-5-20(4)27-30(39)33-22(16-19(2)3)18-40-25-12-7-6-11-23(25)28(37)34-24(17-26(36)35-27)29(38)32-15-13-21-10-8-9-14-31-21/h6-12,14,19-20,22,24,27H,5,13,15-18H2,1-4H3,(H,32,38)(H,33,39)(H,34,37)(H,35,36)/t20-,22+,24-,27-/m0/s1. The second-order valence-electron chi connectivity index (χ2n) is 10.7. The summed E-state index contributed by atoms with van der Waals surface area (Å²) in [4.78, 5) is 57.3. The van der Waals surface area contributed by atoms with Gasteiger partial charge in [0.2, 0.25) is 17.7 Å². The number of para-hydroxylation sites is 1. The van der Waals surface area contributed by atoms with E-state index >= 15 is 0 Å². The molecule has 4 amide bonds. The first kappa shape index (κ1) is 30.6. The van der Waals surface area contributed by atoms with Crippen LogP contribution in [0.25, 0.3) is 0 Å². The first-order valence-electron chi connectivity index (χ1n) is 14.0. The zero-order valence-corrected chi connectivity index (χ0v) is 23.7. The van der Waals surface area contributed by atoms with Crippen molar-refractivity contribution in [1.29, 1.82) is 0 Å². The number of aromatic nitrogens is 1. The number of benzene rings is 1. The summed E-state index contributed by atoms with van der Waals surface area (Å²) in [5.74, 6) is -1.40. The van der Waals surface area contributed by atoms with E-state index in [2.05, 4.69) is 26.3 Å². The van der Waals surface area contributed by atoms with Gasteiger partial charge in [-0.25, -0.2) is 0 Å². The molecule has 0 saturated carbocycles. The Kier molecular flexibility index (Phi) is 11.5. The molecule has 0 aliphatic carbocycles. The van der Waals surface area contributed by atoms with Crippen LogP contribution in [0.2, 0.25) is 0 Å². The normalized spacial score (nSPS) is 21.1. The van der Waals surface area contributed by atoms with Gasteiger partial charge >= 0.3 is 0 Å². The first-order valence-corrected chi connectivity index (χ1v) is 14.0. The molecule has 1 aliphatic rings. The predicted octanol–water partition coefficient (Wildman–Crippen LogP) is 2.38. The zero-order chi connectivity index (χ0) is 29.1. The molecule has 2 heterocycles. The lowest BCUT2D eigenvalue weighted by atomic mass is 9.96. The van der Waals surface area contributed by atoms with Gasteiger partial charge in [-0.3, -0.25) is 24.2 Å². The van der Waals surface area contributed by atoms with Crippen LogP contribution >= 0.6 is 0 Å². The van der Waals surface area contributed by atoms with Gasteiger partial charge in [-0.15, -0.1) is 0 Å². The lowest BCUT2D eigenvalue weighted by Crippen LogP contribution is -2.56. The Labute approximate surface area is 236 Å². The number of carbonyl (C=O) groups excluding carboxylic acids is 4. The van der Waals surface area contributed by atoms with Crippen molar-refractivity contribution in [2.24, 2.45) is 11.8 Å². The maximum absolute atomic E-state index is 13.4. The van der Waals surface area contributed by atoms with Crippen molar-refractivity contribution in [3.05, 3.63) is 59.9 Å². The molecule has 0 bridgehead atoms. The van der Waals surface area contributed by atoms with E-state index in [4.69, 9.17) is 4.74 Å². The fraction of sp³-hybridized carbons (Fsp3) is 0.500. The molecule has 1 aromatic carbocycles. The largest absolute Gasteiger partial charge is 0.491 e. The van der Waals surface area contributed by atoms with Gasteiger partial charge in [0.15, 0.2) is 0 Å². The first-order chi connectivity index (χ1) is 19.2. The molecule has 0 fully saturated rings. The maximum Gasteiger partial charge on any atom is 0.255 e. The molecule has 0 saturated heterocycles. The van der Waals surface area contributed by atoms with E-state index in [0.717, 1.165) is 5.69 Å². The minimum atomic E-state index is -1.17. The molecule has 40 heavy (non-hydrogen) atoms. The number of pyridine rings is 1. The van der Waals surface area contributed by atoms with Crippen molar-refractivity contribution in [1.82, 2.24) is 26.3 Å². The number of nitrogens with one attached hydrogen (secondary N) is 4. The number of hydrogen-bond donors (Lipinski definition) is 4. The maximum atomic E-state index is 13.4. The molecule has 1 aromatic heterocycles. The fourth-order valence-electron chi connectivity index (χ4n) is 4.55. The zero-order valence-electron chi connectivity index (χ0n) is 23.7. The van der Waals surface area contributed by atoms with E-state index in [-0.39, 0.29) is 48.9 Å². The molecule has 0 spiro atoms. The lowest BCUT2D eigenvalue weighted by molar-refractivity contribution is -0.132. The highest BCUT2D eigenvalue weighted by molar-refractivity contribution is 6.01. The molecular weight excluding hydrogens is 510 g/mol. The van der Waals surface area contributed by atoms with Crippen LogP contribution in [0.4, 0.5) is 0 Å². The average Bonchev–Trinajstić information content (AvgIpc) is 2.93. The van der Waals surface area contributed by atoms with Crippen LogP contribution < -0.4 is 26.0 Å². The number of ether oxygens (including phenoxy) is 1. The van der Waals surface area contributed by atoms with E-state index in [1.165, 1.54) is 0 Å². The van der Waals surface area contributed by atoms with Crippen LogP contribution in [-0.2, 0) is 20.8 Å². The summed E-state index contributed by atoms with van der Waals surface area (Å²) < 4.78 is 6.05. The Balaban J connectivity index is 1.87. The molecule has 2 aromatic rings. The predicted molar refractivity (Wildman–Crippen MR) is 152 cm³/mol. The Morgan fingerprint density at radius 3 is 2.50 bits per heavy atom. The molecule has 0 unspecified atom stereocenters. The van der Waals surface area contributed by atoms with Crippen LogP contribution in [-0.4, -0.2) is 59.9 Å². The fourth-order valence-corrected chi connectivity index (χ4v) is 4.55. The molecule has 216 valence electrons. The smallest absolute Gasteiger partial charge is 0.255 e. The van der Waals surface area contributed by atoms with E-state index in [9.17, 15) is 19.2 Å². The van der Waals surface area contributed by atoms with Gasteiger partial charge in [-0.05, 0) is 42.5 Å². The van der Waals surface area contributed by atoms with E-state index < -0.39 is 29.8 Å². The summed E-state index contributed by atoms with van der Waals surface area (Å²) >= 11 is 0. The summed E-state index contributed by atoms with van der Waals surface area (Å²) in [7, 11) is 0. The van der Waals surface area contributed by atoms with Gasteiger partial charge in [-0.1, -0.05) is 52.3 Å². The summed E-state index contributed by atoms with van der Waals surface area (Å²) in [5, 5.41) is 11.4. The van der Waals surface area contributed by atoms with Crippen molar-refractivity contribution >= 4 is 23.6 Å². The molecule has 4 atom stereocenters. The number of nitrogens with zero attached hydrogens (tertiary/aromatic N) is 1. The number of fused-ring (bicyclic) bond motifs is 1. The lowest BCUT2D eigenvalue weighted by Gasteiger charge is -2.29. The van der Waals surface area contributed by atoms with E-state index in [0.29, 0.717) is 25.0 Å². The Morgan fingerprint density at radius 1 is 1.05 bits per heavy atom. The van der Waals surface area contributed by atoms with Crippen molar-refractivity contribution in [3.8, 4) is 5.75 Å². The third kappa shape index (κ3) is 9.07. The summed E-state index contributed by atoms with van der Waals surface area (Å²) in [5.41, 5.74) is 1.04. The van der Waals surface area contributed by atoms with Crippen molar-refractivity contribution in [2.45, 2.75) is 71.5 Å². The van der Waals surface area contributed by atoms with E-state index in [1.807, 2.05) is 45.9 Å². The van der Waals surface area contributed by atoms with Gasteiger partial charge in [0.25, 0.3) is 5.91 Å². The topological polar surface area (TPSA) is 139 Å². The second kappa shape index (κ2) is 15.0. The molecule has 10 heteroatoms. The quantitative estimate of drug-likeness (QED) is 0.397. The highest BCUT2D eigenvalue weighted by atomic mass is 16.5. The third-order valence-electron chi connectivity index (χ3n) is 6.90. The molecular formula is C30H41N5O5. The van der Waals surface area contributed by atoms with Gasteiger partial charge in [0.05, 0.1) is 18.0 Å². The number of hydrogen-bond acceptors (Lipinski definition) is 6. The van der Waals surface area contributed by atoms with Gasteiger partial charge in [-0.2, -0.15) is 0 Å². The highest BCUT2D eigenvalue weighted by Crippen LogP contribution is 2.20. The molecule has 0 radical (unpaired) electrons. The van der Waals surface area contributed by atoms with E-state index in [1.54, 1.807) is 30.5 Å².